The number of terminal acetylenes is 1. The standard InChI is InChI=1S/C12H12N2/c1-2-10-14(11-6-9-13)12-7-4-3-5-8-12/h1,3-5,7-8H,6,10-11H2. The van der Waals surface area contributed by atoms with Gasteiger partial charge in [-0.15, -0.1) is 6.42 Å². The predicted molar refractivity (Wildman–Crippen MR) is 57.7 cm³/mol. The van der Waals surface area contributed by atoms with E-state index in [1.165, 1.54) is 0 Å². The Labute approximate surface area is 84.8 Å². The lowest BCUT2D eigenvalue weighted by atomic mass is 10.2. The van der Waals surface area contributed by atoms with Gasteiger partial charge in [-0.05, 0) is 12.1 Å². The zero-order valence-electron chi connectivity index (χ0n) is 7.98. The van der Waals surface area contributed by atoms with Gasteiger partial charge in [0.25, 0.3) is 0 Å². The second kappa shape index (κ2) is 5.67. The monoisotopic (exact) mass is 184 g/mol. The molecule has 0 aliphatic rings. The van der Waals surface area contributed by atoms with Crippen LogP contribution in [0.5, 0.6) is 0 Å². The van der Waals surface area contributed by atoms with Crippen molar-refractivity contribution in [1.82, 2.24) is 0 Å². The number of benzene rings is 1. The first-order chi connectivity index (χ1) is 6.88. The van der Waals surface area contributed by atoms with E-state index in [4.69, 9.17) is 11.7 Å². The maximum Gasteiger partial charge on any atom is 0.0792 e. The van der Waals surface area contributed by atoms with Crippen LogP contribution in [0, 0.1) is 23.7 Å². The number of rotatable bonds is 4. The van der Waals surface area contributed by atoms with Crippen molar-refractivity contribution < 1.29 is 0 Å². The molecule has 0 bridgehead atoms. The summed E-state index contributed by atoms with van der Waals surface area (Å²) in [4.78, 5) is 2.02. The molecular weight excluding hydrogens is 172 g/mol. The maximum atomic E-state index is 8.50. The third-order valence-corrected chi connectivity index (χ3v) is 1.90. The molecule has 2 nitrogen and oxygen atoms in total. The summed E-state index contributed by atoms with van der Waals surface area (Å²) in [5.41, 5.74) is 1.07. The summed E-state index contributed by atoms with van der Waals surface area (Å²) in [6.07, 6.45) is 5.76. The molecule has 0 fully saturated rings. The zero-order chi connectivity index (χ0) is 10.2. The van der Waals surface area contributed by atoms with Crippen LogP contribution in [0.4, 0.5) is 5.69 Å². The van der Waals surface area contributed by atoms with Crippen molar-refractivity contribution in [3.8, 4) is 18.4 Å². The van der Waals surface area contributed by atoms with E-state index in [0.29, 0.717) is 19.5 Å². The Bertz CT molecular complexity index is 343. The van der Waals surface area contributed by atoms with Gasteiger partial charge in [-0.2, -0.15) is 5.26 Å². The van der Waals surface area contributed by atoms with Gasteiger partial charge in [0.05, 0.1) is 19.0 Å². The number of nitriles is 1. The van der Waals surface area contributed by atoms with E-state index in [9.17, 15) is 0 Å². The van der Waals surface area contributed by atoms with Gasteiger partial charge in [0.1, 0.15) is 0 Å². The number of hydrogen-bond acceptors (Lipinski definition) is 2. The molecule has 0 amide bonds. The number of anilines is 1. The SMILES string of the molecule is C#CCN(CCC#N)c1ccccc1. The molecule has 0 saturated carbocycles. The highest BCUT2D eigenvalue weighted by molar-refractivity contribution is 5.47. The summed E-state index contributed by atoms with van der Waals surface area (Å²) < 4.78 is 0. The molecule has 0 unspecified atom stereocenters. The minimum absolute atomic E-state index is 0.497. The van der Waals surface area contributed by atoms with Gasteiger partial charge in [0.15, 0.2) is 0 Å². The molecule has 0 heterocycles. The molecule has 0 spiro atoms. The first-order valence-electron chi connectivity index (χ1n) is 4.49. The summed E-state index contributed by atoms with van der Waals surface area (Å²) in [7, 11) is 0. The van der Waals surface area contributed by atoms with Crippen LogP contribution in [0.25, 0.3) is 0 Å². The van der Waals surface area contributed by atoms with Gasteiger partial charge < -0.3 is 4.90 Å². The van der Waals surface area contributed by atoms with E-state index >= 15 is 0 Å². The first-order valence-corrected chi connectivity index (χ1v) is 4.49. The van der Waals surface area contributed by atoms with Crippen LogP contribution in [0.2, 0.25) is 0 Å². The summed E-state index contributed by atoms with van der Waals surface area (Å²) in [6.45, 7) is 1.23. The Morgan fingerprint density at radius 3 is 2.57 bits per heavy atom. The second-order valence-corrected chi connectivity index (χ2v) is 2.87. The van der Waals surface area contributed by atoms with Crippen molar-refractivity contribution in [3.63, 3.8) is 0 Å². The van der Waals surface area contributed by atoms with Crippen LogP contribution < -0.4 is 4.90 Å². The Hall–Kier alpha value is -1.93. The van der Waals surface area contributed by atoms with Crippen molar-refractivity contribution in [2.45, 2.75) is 6.42 Å². The van der Waals surface area contributed by atoms with Gasteiger partial charge in [-0.3, -0.25) is 0 Å². The molecule has 0 N–H and O–H groups in total. The number of hydrogen-bond donors (Lipinski definition) is 0. The fourth-order valence-electron chi connectivity index (χ4n) is 1.23. The van der Waals surface area contributed by atoms with Gasteiger partial charge in [0, 0.05) is 12.2 Å². The van der Waals surface area contributed by atoms with Gasteiger partial charge in [-0.1, -0.05) is 24.1 Å². The average molecular weight is 184 g/mol. The van der Waals surface area contributed by atoms with Crippen LogP contribution in [0.15, 0.2) is 30.3 Å². The molecule has 1 aromatic rings. The van der Waals surface area contributed by atoms with Crippen molar-refractivity contribution in [3.05, 3.63) is 30.3 Å². The number of nitrogens with zero attached hydrogens (tertiary/aromatic N) is 2. The molecule has 0 atom stereocenters. The Kier molecular flexibility index (Phi) is 4.11. The van der Waals surface area contributed by atoms with Gasteiger partial charge >= 0.3 is 0 Å². The van der Waals surface area contributed by atoms with Crippen molar-refractivity contribution >= 4 is 5.69 Å². The molecule has 0 radical (unpaired) electrons. The highest BCUT2D eigenvalue weighted by atomic mass is 15.1. The lowest BCUT2D eigenvalue weighted by molar-refractivity contribution is 0.867. The topological polar surface area (TPSA) is 27.0 Å². The molecule has 1 rings (SSSR count). The molecule has 14 heavy (non-hydrogen) atoms. The van der Waals surface area contributed by atoms with E-state index in [2.05, 4.69) is 12.0 Å². The third-order valence-electron chi connectivity index (χ3n) is 1.90. The molecule has 70 valence electrons. The summed E-state index contributed by atoms with van der Waals surface area (Å²) in [5, 5.41) is 8.50. The van der Waals surface area contributed by atoms with Crippen LogP contribution in [-0.4, -0.2) is 13.1 Å². The van der Waals surface area contributed by atoms with Gasteiger partial charge in [0.2, 0.25) is 0 Å². The molecule has 1 aromatic carbocycles. The maximum absolute atomic E-state index is 8.50. The van der Waals surface area contributed by atoms with E-state index in [1.807, 2.05) is 35.2 Å². The fraction of sp³-hybridized carbons (Fsp3) is 0.250. The van der Waals surface area contributed by atoms with E-state index in [-0.39, 0.29) is 0 Å². The van der Waals surface area contributed by atoms with Crippen molar-refractivity contribution in [1.29, 1.82) is 5.26 Å². The van der Waals surface area contributed by atoms with Crippen LogP contribution in [-0.2, 0) is 0 Å². The molecule has 0 saturated heterocycles. The molecular formula is C12H12N2. The van der Waals surface area contributed by atoms with Crippen LogP contribution in [0.3, 0.4) is 0 Å². The largest absolute Gasteiger partial charge is 0.359 e. The normalized spacial score (nSPS) is 8.71. The van der Waals surface area contributed by atoms with Gasteiger partial charge in [-0.25, -0.2) is 0 Å². The van der Waals surface area contributed by atoms with E-state index in [0.717, 1.165) is 5.69 Å². The van der Waals surface area contributed by atoms with E-state index in [1.54, 1.807) is 0 Å². The molecule has 0 aromatic heterocycles. The molecule has 0 aliphatic heterocycles. The van der Waals surface area contributed by atoms with E-state index < -0.39 is 0 Å². The summed E-state index contributed by atoms with van der Waals surface area (Å²) in [5.74, 6) is 2.59. The summed E-state index contributed by atoms with van der Waals surface area (Å²) >= 11 is 0. The fourth-order valence-corrected chi connectivity index (χ4v) is 1.23. The van der Waals surface area contributed by atoms with Crippen molar-refractivity contribution in [2.24, 2.45) is 0 Å². The van der Waals surface area contributed by atoms with Crippen molar-refractivity contribution in [2.75, 3.05) is 18.0 Å². The van der Waals surface area contributed by atoms with Crippen LogP contribution in [0.1, 0.15) is 6.42 Å². The summed E-state index contributed by atoms with van der Waals surface area (Å²) in [6, 6.07) is 12.0. The minimum atomic E-state index is 0.497. The second-order valence-electron chi connectivity index (χ2n) is 2.87. The Morgan fingerprint density at radius 2 is 2.00 bits per heavy atom. The minimum Gasteiger partial charge on any atom is -0.359 e. The highest BCUT2D eigenvalue weighted by Gasteiger charge is 2.02. The average Bonchev–Trinajstić information content (AvgIpc) is 2.25. The lowest BCUT2D eigenvalue weighted by Gasteiger charge is -2.20. The first kappa shape index (κ1) is 10.2. The van der Waals surface area contributed by atoms with Crippen LogP contribution >= 0.6 is 0 Å². The third kappa shape index (κ3) is 2.84. The Balaban J connectivity index is 2.69. The molecule has 2 heteroatoms. The Morgan fingerprint density at radius 1 is 1.29 bits per heavy atom. The highest BCUT2D eigenvalue weighted by Crippen LogP contribution is 2.12. The zero-order valence-corrected chi connectivity index (χ0v) is 7.98. The molecule has 0 aliphatic carbocycles. The lowest BCUT2D eigenvalue weighted by Crippen LogP contribution is -2.24. The smallest absolute Gasteiger partial charge is 0.0792 e. The quantitative estimate of drug-likeness (QED) is 0.669. The predicted octanol–water partition coefficient (Wildman–Crippen LogP) is 2.04. The number of para-hydroxylation sites is 1.